The summed E-state index contributed by atoms with van der Waals surface area (Å²) < 4.78 is 4.71. The SMILES string of the molecule is CCC(C)N1C(C(=O)O)CCC1C(=O)OC. The van der Waals surface area contributed by atoms with Gasteiger partial charge in [-0.1, -0.05) is 6.92 Å². The average Bonchev–Trinajstić information content (AvgIpc) is 2.71. The zero-order valence-electron chi connectivity index (χ0n) is 9.97. The van der Waals surface area contributed by atoms with Gasteiger partial charge in [0.25, 0.3) is 0 Å². The van der Waals surface area contributed by atoms with Gasteiger partial charge >= 0.3 is 11.9 Å². The molecule has 0 amide bonds. The molecule has 1 heterocycles. The maximum absolute atomic E-state index is 11.6. The second-order valence-corrected chi connectivity index (χ2v) is 4.17. The Bertz CT molecular complexity index is 279. The van der Waals surface area contributed by atoms with Crippen LogP contribution in [0.15, 0.2) is 0 Å². The van der Waals surface area contributed by atoms with E-state index in [0.29, 0.717) is 12.8 Å². The van der Waals surface area contributed by atoms with Gasteiger partial charge in [-0.05, 0) is 26.2 Å². The first kappa shape index (κ1) is 13.0. The van der Waals surface area contributed by atoms with Crippen LogP contribution in [0.2, 0.25) is 0 Å². The van der Waals surface area contributed by atoms with Gasteiger partial charge in [-0.3, -0.25) is 14.5 Å². The number of nitrogens with zero attached hydrogens (tertiary/aromatic N) is 1. The molecule has 1 fully saturated rings. The quantitative estimate of drug-likeness (QED) is 0.725. The van der Waals surface area contributed by atoms with Crippen molar-refractivity contribution in [3.8, 4) is 0 Å². The molecule has 1 aliphatic rings. The predicted octanol–water partition coefficient (Wildman–Crippen LogP) is 0.875. The molecule has 0 aromatic carbocycles. The van der Waals surface area contributed by atoms with E-state index < -0.39 is 18.1 Å². The highest BCUT2D eigenvalue weighted by Gasteiger charge is 2.43. The van der Waals surface area contributed by atoms with Crippen molar-refractivity contribution in [1.82, 2.24) is 4.90 Å². The standard InChI is InChI=1S/C11H19NO4/c1-4-7(2)12-8(10(13)14)5-6-9(12)11(15)16-3/h7-9H,4-6H2,1-3H3,(H,13,14). The van der Waals surface area contributed by atoms with E-state index in [2.05, 4.69) is 0 Å². The fourth-order valence-electron chi connectivity index (χ4n) is 2.28. The fourth-order valence-corrected chi connectivity index (χ4v) is 2.28. The zero-order chi connectivity index (χ0) is 12.3. The zero-order valence-corrected chi connectivity index (χ0v) is 9.97. The van der Waals surface area contributed by atoms with E-state index in [1.165, 1.54) is 7.11 Å². The van der Waals surface area contributed by atoms with Crippen LogP contribution >= 0.6 is 0 Å². The van der Waals surface area contributed by atoms with E-state index in [1.54, 1.807) is 4.90 Å². The molecule has 0 aliphatic carbocycles. The smallest absolute Gasteiger partial charge is 0.323 e. The van der Waals surface area contributed by atoms with Crippen LogP contribution in [0.25, 0.3) is 0 Å². The average molecular weight is 229 g/mol. The van der Waals surface area contributed by atoms with Crippen molar-refractivity contribution in [2.45, 2.75) is 51.2 Å². The normalized spacial score (nSPS) is 27.7. The van der Waals surface area contributed by atoms with E-state index in [4.69, 9.17) is 9.84 Å². The van der Waals surface area contributed by atoms with E-state index in [1.807, 2.05) is 13.8 Å². The van der Waals surface area contributed by atoms with Crippen molar-refractivity contribution < 1.29 is 19.4 Å². The molecule has 3 unspecified atom stereocenters. The highest BCUT2D eigenvalue weighted by Crippen LogP contribution is 2.28. The van der Waals surface area contributed by atoms with E-state index in [0.717, 1.165) is 6.42 Å². The van der Waals surface area contributed by atoms with Gasteiger partial charge in [0.1, 0.15) is 12.1 Å². The topological polar surface area (TPSA) is 66.8 Å². The third-order valence-electron chi connectivity index (χ3n) is 3.29. The molecule has 0 aromatic rings. The molecule has 0 aromatic heterocycles. The number of carbonyl (C=O) groups excluding carboxylic acids is 1. The van der Waals surface area contributed by atoms with Crippen LogP contribution in [0.1, 0.15) is 33.1 Å². The molecule has 0 saturated carbocycles. The molecule has 1 saturated heterocycles. The minimum atomic E-state index is -0.855. The van der Waals surface area contributed by atoms with Crippen LogP contribution in [0.3, 0.4) is 0 Å². The lowest BCUT2D eigenvalue weighted by Crippen LogP contribution is -2.49. The Balaban J connectivity index is 2.87. The summed E-state index contributed by atoms with van der Waals surface area (Å²) >= 11 is 0. The molecule has 3 atom stereocenters. The summed E-state index contributed by atoms with van der Waals surface area (Å²) in [5.74, 6) is -1.18. The lowest BCUT2D eigenvalue weighted by atomic mass is 10.1. The maximum atomic E-state index is 11.6. The first-order valence-electron chi connectivity index (χ1n) is 5.61. The van der Waals surface area contributed by atoms with Gasteiger partial charge in [-0.25, -0.2) is 0 Å². The molecule has 5 nitrogen and oxygen atoms in total. The summed E-state index contributed by atoms with van der Waals surface area (Å²) in [6.45, 7) is 3.92. The van der Waals surface area contributed by atoms with Crippen molar-refractivity contribution >= 4 is 11.9 Å². The Morgan fingerprint density at radius 3 is 2.44 bits per heavy atom. The van der Waals surface area contributed by atoms with Gasteiger partial charge in [-0.2, -0.15) is 0 Å². The maximum Gasteiger partial charge on any atom is 0.323 e. The van der Waals surface area contributed by atoms with Gasteiger partial charge in [0.05, 0.1) is 7.11 Å². The van der Waals surface area contributed by atoms with E-state index in [9.17, 15) is 9.59 Å². The van der Waals surface area contributed by atoms with Crippen LogP contribution in [0, 0.1) is 0 Å². The van der Waals surface area contributed by atoms with Gasteiger partial charge in [0.15, 0.2) is 0 Å². The number of methoxy groups -OCH3 is 1. The largest absolute Gasteiger partial charge is 0.480 e. The number of carbonyl (C=O) groups is 2. The molecule has 16 heavy (non-hydrogen) atoms. The summed E-state index contributed by atoms with van der Waals surface area (Å²) in [5, 5.41) is 9.11. The Labute approximate surface area is 95.4 Å². The van der Waals surface area contributed by atoms with Gasteiger partial charge in [-0.15, -0.1) is 0 Å². The Morgan fingerprint density at radius 1 is 1.44 bits per heavy atom. The fraction of sp³-hybridized carbons (Fsp3) is 0.818. The van der Waals surface area contributed by atoms with Crippen LogP contribution < -0.4 is 0 Å². The third kappa shape index (κ3) is 2.35. The Hall–Kier alpha value is -1.10. The van der Waals surface area contributed by atoms with Crippen molar-refractivity contribution in [2.75, 3.05) is 7.11 Å². The summed E-state index contributed by atoms with van der Waals surface area (Å²) in [6, 6.07) is -0.882. The Morgan fingerprint density at radius 2 is 2.00 bits per heavy atom. The van der Waals surface area contributed by atoms with E-state index >= 15 is 0 Å². The number of carboxylic acid groups (broad SMARTS) is 1. The van der Waals surface area contributed by atoms with Crippen LogP contribution in [-0.4, -0.2) is 47.2 Å². The monoisotopic (exact) mass is 229 g/mol. The van der Waals surface area contributed by atoms with E-state index in [-0.39, 0.29) is 12.0 Å². The highest BCUT2D eigenvalue weighted by atomic mass is 16.5. The summed E-state index contributed by atoms with van der Waals surface area (Å²) in [4.78, 5) is 24.4. The number of carboxylic acids is 1. The molecule has 1 N–H and O–H groups in total. The van der Waals surface area contributed by atoms with Crippen molar-refractivity contribution in [3.05, 3.63) is 0 Å². The molecule has 1 aliphatic heterocycles. The first-order chi connectivity index (χ1) is 7.52. The lowest BCUT2D eigenvalue weighted by molar-refractivity contribution is -0.150. The number of rotatable bonds is 4. The molecular formula is C11H19NO4. The van der Waals surface area contributed by atoms with Gasteiger partial charge < -0.3 is 9.84 Å². The minimum Gasteiger partial charge on any atom is -0.480 e. The van der Waals surface area contributed by atoms with Gasteiger partial charge in [0.2, 0.25) is 0 Å². The Kier molecular flexibility index (Phi) is 4.29. The number of esters is 1. The van der Waals surface area contributed by atoms with Crippen LogP contribution in [0.5, 0.6) is 0 Å². The number of likely N-dealkylation sites (tertiary alicyclic amines) is 1. The summed E-state index contributed by atoms with van der Waals surface area (Å²) in [6.07, 6.45) is 1.89. The second-order valence-electron chi connectivity index (χ2n) is 4.17. The summed E-state index contributed by atoms with van der Waals surface area (Å²) in [5.41, 5.74) is 0. The summed E-state index contributed by atoms with van der Waals surface area (Å²) in [7, 11) is 1.34. The number of hydrogen-bond donors (Lipinski definition) is 1. The first-order valence-corrected chi connectivity index (χ1v) is 5.61. The van der Waals surface area contributed by atoms with Crippen LogP contribution in [0.4, 0.5) is 0 Å². The molecule has 0 radical (unpaired) electrons. The number of ether oxygens (including phenoxy) is 1. The van der Waals surface area contributed by atoms with Crippen molar-refractivity contribution in [1.29, 1.82) is 0 Å². The molecule has 0 bridgehead atoms. The molecule has 0 spiro atoms. The van der Waals surface area contributed by atoms with Gasteiger partial charge in [0, 0.05) is 6.04 Å². The number of aliphatic carboxylic acids is 1. The van der Waals surface area contributed by atoms with Crippen LogP contribution in [-0.2, 0) is 14.3 Å². The lowest BCUT2D eigenvalue weighted by Gasteiger charge is -2.31. The molecule has 1 rings (SSSR count). The van der Waals surface area contributed by atoms with Crippen molar-refractivity contribution in [2.24, 2.45) is 0 Å². The molecule has 92 valence electrons. The second kappa shape index (κ2) is 5.30. The molecule has 5 heteroatoms. The predicted molar refractivity (Wildman–Crippen MR) is 58.1 cm³/mol. The highest BCUT2D eigenvalue weighted by molar-refractivity contribution is 5.80. The third-order valence-corrected chi connectivity index (χ3v) is 3.29. The number of hydrogen-bond acceptors (Lipinski definition) is 4. The van der Waals surface area contributed by atoms with Crippen molar-refractivity contribution in [3.63, 3.8) is 0 Å². The minimum absolute atomic E-state index is 0.0766. The molecular weight excluding hydrogens is 210 g/mol.